The van der Waals surface area contributed by atoms with Crippen molar-refractivity contribution in [3.05, 3.63) is 29.8 Å². The monoisotopic (exact) mass is 262 g/mol. The van der Waals surface area contributed by atoms with E-state index in [1.807, 2.05) is 0 Å². The van der Waals surface area contributed by atoms with Crippen LogP contribution in [-0.2, 0) is 10.0 Å². The fraction of sp³-hybridized carbons (Fsp3) is 0.400. The third-order valence-electron chi connectivity index (χ3n) is 2.84. The molecule has 1 fully saturated rings. The van der Waals surface area contributed by atoms with E-state index in [1.54, 1.807) is 0 Å². The number of sulfonamides is 1. The Morgan fingerprint density at radius 3 is 2.59 bits per heavy atom. The Kier molecular flexibility index (Phi) is 3.05. The zero-order valence-electron chi connectivity index (χ0n) is 8.94. The van der Waals surface area contributed by atoms with Gasteiger partial charge in [0.2, 0.25) is 10.0 Å². The van der Waals surface area contributed by atoms with Gasteiger partial charge in [-0.05, 0) is 18.6 Å². The molecule has 1 aromatic rings. The van der Waals surface area contributed by atoms with E-state index in [9.17, 15) is 17.2 Å². The third-order valence-corrected chi connectivity index (χ3v) is 5.12. The van der Waals surface area contributed by atoms with Gasteiger partial charge < -0.3 is 5.73 Å². The third kappa shape index (κ3) is 2.00. The van der Waals surface area contributed by atoms with Crippen LogP contribution in [0.5, 0.6) is 0 Å². The van der Waals surface area contributed by atoms with Crippen LogP contribution in [0.15, 0.2) is 18.2 Å². The topological polar surface area (TPSA) is 63.4 Å². The number of benzene rings is 1. The molecule has 0 aromatic heterocycles. The SMILES string of the molecule is NC[C@H]1CCN(c2ccc(F)c(F)c2)S1(=O)=O. The molecule has 2 N–H and O–H groups in total. The van der Waals surface area contributed by atoms with Crippen LogP contribution in [0.2, 0.25) is 0 Å². The zero-order chi connectivity index (χ0) is 12.6. The molecule has 0 amide bonds. The highest BCUT2D eigenvalue weighted by molar-refractivity contribution is 7.93. The van der Waals surface area contributed by atoms with Crippen molar-refractivity contribution in [2.24, 2.45) is 5.73 Å². The van der Waals surface area contributed by atoms with Crippen LogP contribution in [0.25, 0.3) is 0 Å². The maximum absolute atomic E-state index is 13.0. The molecule has 94 valence electrons. The lowest BCUT2D eigenvalue weighted by atomic mass is 10.2. The second kappa shape index (κ2) is 4.23. The van der Waals surface area contributed by atoms with E-state index in [1.165, 1.54) is 6.07 Å². The molecule has 1 heterocycles. The van der Waals surface area contributed by atoms with Gasteiger partial charge in [0, 0.05) is 19.2 Å². The molecule has 0 radical (unpaired) electrons. The van der Waals surface area contributed by atoms with E-state index < -0.39 is 26.9 Å². The van der Waals surface area contributed by atoms with Crippen LogP contribution >= 0.6 is 0 Å². The van der Waals surface area contributed by atoms with Crippen LogP contribution in [0.4, 0.5) is 14.5 Å². The molecule has 1 aromatic carbocycles. The van der Waals surface area contributed by atoms with Crippen molar-refractivity contribution in [1.29, 1.82) is 0 Å². The molecule has 1 aliphatic heterocycles. The Bertz CT molecular complexity index is 533. The van der Waals surface area contributed by atoms with Gasteiger partial charge in [-0.3, -0.25) is 4.31 Å². The Morgan fingerprint density at radius 1 is 1.35 bits per heavy atom. The second-order valence-electron chi connectivity index (χ2n) is 3.86. The van der Waals surface area contributed by atoms with Gasteiger partial charge in [0.05, 0.1) is 10.9 Å². The molecule has 1 atom stereocenters. The molecule has 2 rings (SSSR count). The number of anilines is 1. The summed E-state index contributed by atoms with van der Waals surface area (Å²) in [6.45, 7) is 0.276. The number of hydrogen-bond donors (Lipinski definition) is 1. The fourth-order valence-corrected chi connectivity index (χ4v) is 3.65. The minimum atomic E-state index is -3.54. The first kappa shape index (κ1) is 12.3. The van der Waals surface area contributed by atoms with Crippen molar-refractivity contribution in [2.75, 3.05) is 17.4 Å². The summed E-state index contributed by atoms with van der Waals surface area (Å²) in [7, 11) is -3.54. The first-order valence-corrected chi connectivity index (χ1v) is 6.64. The molecule has 0 unspecified atom stereocenters. The number of nitrogens with two attached hydrogens (primary N) is 1. The molecule has 0 aliphatic carbocycles. The molecule has 7 heteroatoms. The van der Waals surface area contributed by atoms with Gasteiger partial charge in [-0.25, -0.2) is 17.2 Å². The van der Waals surface area contributed by atoms with Crippen molar-refractivity contribution in [2.45, 2.75) is 11.7 Å². The molecule has 1 aliphatic rings. The van der Waals surface area contributed by atoms with E-state index in [-0.39, 0.29) is 18.8 Å². The first-order chi connectivity index (χ1) is 7.96. The highest BCUT2D eigenvalue weighted by atomic mass is 32.2. The number of halogens is 2. The van der Waals surface area contributed by atoms with Gasteiger partial charge in [-0.1, -0.05) is 0 Å². The standard InChI is InChI=1S/C10H12F2N2O2S/c11-9-2-1-7(5-10(9)12)14-4-3-8(6-13)17(14,15)16/h1-2,5,8H,3-4,6,13H2/t8-/m1/s1. The minimum Gasteiger partial charge on any atom is -0.329 e. The van der Waals surface area contributed by atoms with Crippen molar-refractivity contribution in [1.82, 2.24) is 0 Å². The van der Waals surface area contributed by atoms with Crippen LogP contribution in [0, 0.1) is 11.6 Å². The molecular formula is C10H12F2N2O2S. The van der Waals surface area contributed by atoms with E-state index in [0.29, 0.717) is 6.42 Å². The molecular weight excluding hydrogens is 250 g/mol. The lowest BCUT2D eigenvalue weighted by Crippen LogP contribution is -2.33. The number of hydrogen-bond acceptors (Lipinski definition) is 3. The van der Waals surface area contributed by atoms with Gasteiger partial charge >= 0.3 is 0 Å². The number of nitrogens with zero attached hydrogens (tertiary/aromatic N) is 1. The average molecular weight is 262 g/mol. The van der Waals surface area contributed by atoms with Crippen molar-refractivity contribution < 1.29 is 17.2 Å². The Labute approximate surface area is 98.1 Å². The zero-order valence-corrected chi connectivity index (χ0v) is 9.75. The molecule has 0 bridgehead atoms. The van der Waals surface area contributed by atoms with Gasteiger partial charge in [0.25, 0.3) is 0 Å². The molecule has 4 nitrogen and oxygen atoms in total. The normalized spacial score (nSPS) is 23.0. The minimum absolute atomic E-state index is 0.0303. The van der Waals surface area contributed by atoms with Gasteiger partial charge in [0.15, 0.2) is 11.6 Å². The first-order valence-electron chi connectivity index (χ1n) is 5.13. The van der Waals surface area contributed by atoms with Crippen LogP contribution in [0.1, 0.15) is 6.42 Å². The van der Waals surface area contributed by atoms with E-state index in [4.69, 9.17) is 5.73 Å². The van der Waals surface area contributed by atoms with E-state index in [0.717, 1.165) is 16.4 Å². The quantitative estimate of drug-likeness (QED) is 0.858. The summed E-state index contributed by atoms with van der Waals surface area (Å²) in [5, 5.41) is -0.643. The summed E-state index contributed by atoms with van der Waals surface area (Å²) in [4.78, 5) is 0. The van der Waals surface area contributed by atoms with Crippen molar-refractivity contribution >= 4 is 15.7 Å². The Morgan fingerprint density at radius 2 is 2.06 bits per heavy atom. The fourth-order valence-electron chi connectivity index (χ4n) is 1.87. The van der Waals surface area contributed by atoms with Crippen LogP contribution in [0.3, 0.4) is 0 Å². The Balaban J connectivity index is 2.39. The lowest BCUT2D eigenvalue weighted by molar-refractivity contribution is 0.508. The van der Waals surface area contributed by atoms with Crippen molar-refractivity contribution in [3.63, 3.8) is 0 Å². The predicted molar refractivity (Wildman–Crippen MR) is 60.1 cm³/mol. The second-order valence-corrected chi connectivity index (χ2v) is 6.00. The van der Waals surface area contributed by atoms with Gasteiger partial charge in [-0.15, -0.1) is 0 Å². The Hall–Kier alpha value is -1.21. The molecule has 1 saturated heterocycles. The number of rotatable bonds is 2. The highest BCUT2D eigenvalue weighted by Gasteiger charge is 2.38. The lowest BCUT2D eigenvalue weighted by Gasteiger charge is -2.18. The summed E-state index contributed by atoms with van der Waals surface area (Å²) in [6.07, 6.45) is 0.401. The maximum Gasteiger partial charge on any atom is 0.239 e. The molecule has 0 saturated carbocycles. The van der Waals surface area contributed by atoms with Crippen LogP contribution in [-0.4, -0.2) is 26.8 Å². The van der Waals surface area contributed by atoms with E-state index in [2.05, 4.69) is 0 Å². The summed E-state index contributed by atoms with van der Waals surface area (Å²) in [5.74, 6) is -2.06. The smallest absolute Gasteiger partial charge is 0.239 e. The summed E-state index contributed by atoms with van der Waals surface area (Å²) < 4.78 is 50.8. The highest BCUT2D eigenvalue weighted by Crippen LogP contribution is 2.29. The van der Waals surface area contributed by atoms with Crippen molar-refractivity contribution in [3.8, 4) is 0 Å². The van der Waals surface area contributed by atoms with Gasteiger partial charge in [-0.2, -0.15) is 0 Å². The van der Waals surface area contributed by atoms with E-state index >= 15 is 0 Å². The van der Waals surface area contributed by atoms with Gasteiger partial charge in [0.1, 0.15) is 0 Å². The summed E-state index contributed by atoms with van der Waals surface area (Å²) >= 11 is 0. The maximum atomic E-state index is 13.0. The predicted octanol–water partition coefficient (Wildman–Crippen LogP) is 0.832. The summed E-state index contributed by atoms with van der Waals surface area (Å²) in [5.41, 5.74) is 5.50. The largest absolute Gasteiger partial charge is 0.329 e. The molecule has 0 spiro atoms. The summed E-state index contributed by atoms with van der Waals surface area (Å²) in [6, 6.07) is 3.04. The van der Waals surface area contributed by atoms with Crippen LogP contribution < -0.4 is 10.0 Å². The average Bonchev–Trinajstić information content (AvgIpc) is 2.57. The molecule has 17 heavy (non-hydrogen) atoms.